The van der Waals surface area contributed by atoms with Crippen LogP contribution in [0.2, 0.25) is 0 Å². The molecule has 2 saturated heterocycles. The van der Waals surface area contributed by atoms with Crippen LogP contribution < -0.4 is 0 Å². The third-order valence-electron chi connectivity index (χ3n) is 5.82. The summed E-state index contributed by atoms with van der Waals surface area (Å²) in [5, 5.41) is 4.18. The summed E-state index contributed by atoms with van der Waals surface area (Å²) in [5.41, 5.74) is -0.0633. The van der Waals surface area contributed by atoms with Crippen molar-refractivity contribution in [3.63, 3.8) is 0 Å². The fourth-order valence-electron chi connectivity index (χ4n) is 3.87. The molecule has 2 unspecified atom stereocenters. The normalized spacial score (nSPS) is 26.0. The van der Waals surface area contributed by atoms with Gasteiger partial charge in [-0.05, 0) is 33.4 Å². The average Bonchev–Trinajstić information content (AvgIpc) is 3.07. The minimum Gasteiger partial charge on any atom is -0.338 e. The van der Waals surface area contributed by atoms with Crippen LogP contribution in [-0.2, 0) is 5.41 Å². The number of aromatic nitrogens is 2. The van der Waals surface area contributed by atoms with Crippen LogP contribution in [0.1, 0.15) is 64.7 Å². The Kier molecular flexibility index (Phi) is 5.81. The Morgan fingerprint density at radius 1 is 1.12 bits per heavy atom. The van der Waals surface area contributed by atoms with Gasteiger partial charge in [-0.15, -0.1) is 0 Å². The summed E-state index contributed by atoms with van der Waals surface area (Å²) in [6.07, 6.45) is 4.10. The van der Waals surface area contributed by atoms with Gasteiger partial charge in [0, 0.05) is 44.2 Å². The zero-order valence-corrected chi connectivity index (χ0v) is 16.7. The van der Waals surface area contributed by atoms with Crippen molar-refractivity contribution in [2.45, 2.75) is 64.5 Å². The van der Waals surface area contributed by atoms with Crippen molar-refractivity contribution in [2.24, 2.45) is 0 Å². The topological polar surface area (TPSA) is 48.6 Å². The van der Waals surface area contributed by atoms with Crippen LogP contribution in [0.15, 0.2) is 4.52 Å². The molecule has 2 aliphatic heterocycles. The molecule has 0 aliphatic carbocycles. The first-order chi connectivity index (χ1) is 11.8. The molecule has 2 fully saturated rings. The van der Waals surface area contributed by atoms with E-state index in [1.807, 2.05) is 0 Å². The molecular weight excluding hydrogens is 314 g/mol. The predicted octanol–water partition coefficient (Wildman–Crippen LogP) is 2.53. The summed E-state index contributed by atoms with van der Waals surface area (Å²) in [5.74, 6) is 1.55. The SMILES string of the molecule is CC(c1nc(C(C)(C)C)no1)N1CCN(CC2CCCCN2C)CC1. The van der Waals surface area contributed by atoms with Gasteiger partial charge in [0.1, 0.15) is 0 Å². The highest BCUT2D eigenvalue weighted by Gasteiger charge is 2.29. The molecule has 6 nitrogen and oxygen atoms in total. The van der Waals surface area contributed by atoms with E-state index < -0.39 is 0 Å². The summed E-state index contributed by atoms with van der Waals surface area (Å²) in [4.78, 5) is 12.3. The van der Waals surface area contributed by atoms with E-state index in [1.54, 1.807) is 0 Å². The first-order valence-electron chi connectivity index (χ1n) is 9.85. The standard InChI is InChI=1S/C19H35N5O/c1-15(17-20-18(21-25-17)19(2,3)4)24-12-10-23(11-13-24)14-16-8-6-7-9-22(16)5/h15-16H,6-14H2,1-5H3. The Morgan fingerprint density at radius 3 is 2.44 bits per heavy atom. The third-order valence-corrected chi connectivity index (χ3v) is 5.82. The van der Waals surface area contributed by atoms with E-state index in [2.05, 4.69) is 59.6 Å². The Hall–Kier alpha value is -0.980. The molecule has 0 N–H and O–H groups in total. The summed E-state index contributed by atoms with van der Waals surface area (Å²) in [6, 6.07) is 0.936. The van der Waals surface area contributed by atoms with Gasteiger partial charge in [0.2, 0.25) is 5.89 Å². The van der Waals surface area contributed by atoms with E-state index in [0.29, 0.717) is 0 Å². The smallest absolute Gasteiger partial charge is 0.243 e. The van der Waals surface area contributed by atoms with Crippen LogP contribution in [0.5, 0.6) is 0 Å². The molecule has 1 aromatic heterocycles. The molecule has 0 saturated carbocycles. The highest BCUT2D eigenvalue weighted by Crippen LogP contribution is 2.25. The van der Waals surface area contributed by atoms with E-state index in [-0.39, 0.29) is 11.5 Å². The van der Waals surface area contributed by atoms with Crippen LogP contribution in [0.3, 0.4) is 0 Å². The maximum atomic E-state index is 5.55. The summed E-state index contributed by atoms with van der Waals surface area (Å²) in [7, 11) is 2.28. The average molecular weight is 350 g/mol. The van der Waals surface area contributed by atoms with Crippen molar-refractivity contribution in [2.75, 3.05) is 46.3 Å². The van der Waals surface area contributed by atoms with Gasteiger partial charge in [-0.2, -0.15) is 4.98 Å². The second kappa shape index (κ2) is 7.72. The fraction of sp³-hybridized carbons (Fsp3) is 0.895. The van der Waals surface area contributed by atoms with Gasteiger partial charge >= 0.3 is 0 Å². The lowest BCUT2D eigenvalue weighted by molar-refractivity contribution is 0.0613. The zero-order chi connectivity index (χ0) is 18.0. The van der Waals surface area contributed by atoms with Crippen LogP contribution in [0.25, 0.3) is 0 Å². The molecule has 25 heavy (non-hydrogen) atoms. The lowest BCUT2D eigenvalue weighted by atomic mass is 9.96. The Morgan fingerprint density at radius 2 is 1.84 bits per heavy atom. The number of hydrogen-bond acceptors (Lipinski definition) is 6. The van der Waals surface area contributed by atoms with Gasteiger partial charge in [0.05, 0.1) is 6.04 Å². The van der Waals surface area contributed by atoms with Gasteiger partial charge in [0.15, 0.2) is 5.82 Å². The van der Waals surface area contributed by atoms with Crippen molar-refractivity contribution in [1.82, 2.24) is 24.8 Å². The lowest BCUT2D eigenvalue weighted by Crippen LogP contribution is -2.52. The number of piperazine rings is 1. The second-order valence-corrected chi connectivity index (χ2v) is 8.85. The van der Waals surface area contributed by atoms with Crippen LogP contribution in [0.4, 0.5) is 0 Å². The van der Waals surface area contributed by atoms with Crippen LogP contribution in [-0.4, -0.2) is 77.2 Å². The zero-order valence-electron chi connectivity index (χ0n) is 16.7. The molecule has 6 heteroatoms. The molecule has 0 radical (unpaired) electrons. The molecular formula is C19H35N5O. The van der Waals surface area contributed by atoms with Crippen molar-refractivity contribution in [1.29, 1.82) is 0 Å². The quantitative estimate of drug-likeness (QED) is 0.832. The first kappa shape index (κ1) is 18.8. The van der Waals surface area contributed by atoms with Crippen LogP contribution >= 0.6 is 0 Å². The number of rotatable bonds is 4. The molecule has 0 aromatic carbocycles. The first-order valence-corrected chi connectivity index (χ1v) is 9.85. The predicted molar refractivity (Wildman–Crippen MR) is 99.7 cm³/mol. The van der Waals surface area contributed by atoms with Crippen molar-refractivity contribution >= 4 is 0 Å². The minimum absolute atomic E-state index is 0.0633. The number of piperidine rings is 1. The monoisotopic (exact) mass is 349 g/mol. The van der Waals surface area contributed by atoms with E-state index in [4.69, 9.17) is 4.52 Å². The molecule has 1 aromatic rings. The Balaban J connectivity index is 1.50. The molecule has 3 rings (SSSR count). The molecule has 2 atom stereocenters. The molecule has 0 spiro atoms. The summed E-state index contributed by atoms with van der Waals surface area (Å²) >= 11 is 0. The van der Waals surface area contributed by atoms with E-state index >= 15 is 0 Å². The Bertz CT molecular complexity index is 544. The molecule has 3 heterocycles. The van der Waals surface area contributed by atoms with Gasteiger partial charge in [-0.3, -0.25) is 9.80 Å². The van der Waals surface area contributed by atoms with E-state index in [9.17, 15) is 0 Å². The highest BCUT2D eigenvalue weighted by molar-refractivity contribution is 5.02. The van der Waals surface area contributed by atoms with Gasteiger partial charge in [-0.1, -0.05) is 32.3 Å². The van der Waals surface area contributed by atoms with Crippen molar-refractivity contribution < 1.29 is 4.52 Å². The van der Waals surface area contributed by atoms with Crippen LogP contribution in [0, 0.1) is 0 Å². The summed E-state index contributed by atoms with van der Waals surface area (Å²) in [6.45, 7) is 15.4. The Labute approximate surface area is 152 Å². The fourth-order valence-corrected chi connectivity index (χ4v) is 3.87. The lowest BCUT2D eigenvalue weighted by Gasteiger charge is -2.41. The van der Waals surface area contributed by atoms with Crippen molar-refractivity contribution in [3.05, 3.63) is 11.7 Å². The molecule has 0 bridgehead atoms. The van der Waals surface area contributed by atoms with E-state index in [0.717, 1.165) is 43.9 Å². The van der Waals surface area contributed by atoms with Gasteiger partial charge in [-0.25, -0.2) is 0 Å². The largest absolute Gasteiger partial charge is 0.338 e. The second-order valence-electron chi connectivity index (χ2n) is 8.85. The van der Waals surface area contributed by atoms with E-state index in [1.165, 1.54) is 32.4 Å². The highest BCUT2D eigenvalue weighted by atomic mass is 16.5. The molecule has 142 valence electrons. The van der Waals surface area contributed by atoms with Gasteiger partial charge in [0.25, 0.3) is 0 Å². The molecule has 2 aliphatic rings. The number of hydrogen-bond donors (Lipinski definition) is 0. The molecule has 0 amide bonds. The van der Waals surface area contributed by atoms with Crippen molar-refractivity contribution in [3.8, 4) is 0 Å². The summed E-state index contributed by atoms with van der Waals surface area (Å²) < 4.78 is 5.55. The minimum atomic E-state index is -0.0633. The van der Waals surface area contributed by atoms with Gasteiger partial charge < -0.3 is 9.42 Å². The number of likely N-dealkylation sites (N-methyl/N-ethyl adjacent to an activating group) is 1. The maximum Gasteiger partial charge on any atom is 0.243 e. The maximum absolute atomic E-state index is 5.55. The number of likely N-dealkylation sites (tertiary alicyclic amines) is 1. The number of nitrogens with zero attached hydrogens (tertiary/aromatic N) is 5. The third kappa shape index (κ3) is 4.60.